The van der Waals surface area contributed by atoms with E-state index in [4.69, 9.17) is 5.26 Å². The van der Waals surface area contributed by atoms with E-state index in [0.717, 1.165) is 25.2 Å². The summed E-state index contributed by atoms with van der Waals surface area (Å²) in [6.45, 7) is 6.73. The molecule has 1 unspecified atom stereocenters. The molecule has 0 spiro atoms. The third kappa shape index (κ3) is 8.10. The number of hydrogen-bond acceptors (Lipinski definition) is 1. The predicted octanol–water partition coefficient (Wildman–Crippen LogP) is 6.57. The van der Waals surface area contributed by atoms with Gasteiger partial charge in [0.1, 0.15) is 0 Å². The monoisotopic (exact) mass is 287 g/mol. The smallest absolute Gasteiger partial charge is 0.0655 e. The Morgan fingerprint density at radius 2 is 1.67 bits per heavy atom. The minimum atomic E-state index is 0.247. The van der Waals surface area contributed by atoms with Gasteiger partial charge >= 0.3 is 0 Å². The highest BCUT2D eigenvalue weighted by molar-refractivity contribution is 5.24. The first-order valence-electron chi connectivity index (χ1n) is 8.92. The van der Waals surface area contributed by atoms with Crippen molar-refractivity contribution in [3.05, 3.63) is 23.3 Å². The van der Waals surface area contributed by atoms with Gasteiger partial charge in [-0.3, -0.25) is 0 Å². The summed E-state index contributed by atoms with van der Waals surface area (Å²) in [5.74, 6) is 1.10. The lowest BCUT2D eigenvalue weighted by Gasteiger charge is -2.16. The maximum Gasteiger partial charge on any atom is 0.0655 e. The zero-order valence-electron chi connectivity index (χ0n) is 14.3. The van der Waals surface area contributed by atoms with Gasteiger partial charge < -0.3 is 0 Å². The molecule has 118 valence electrons. The van der Waals surface area contributed by atoms with Gasteiger partial charge in [0, 0.05) is 5.92 Å². The molecule has 0 saturated heterocycles. The van der Waals surface area contributed by atoms with Gasteiger partial charge in [-0.25, -0.2) is 0 Å². The van der Waals surface area contributed by atoms with E-state index >= 15 is 0 Å². The second-order valence-electron chi connectivity index (χ2n) is 6.92. The van der Waals surface area contributed by atoms with Crippen molar-refractivity contribution in [3.8, 4) is 6.07 Å². The lowest BCUT2D eigenvalue weighted by Crippen LogP contribution is -1.99. The number of nitrogens with zero attached hydrogens (tertiary/aromatic N) is 1. The molecule has 0 heterocycles. The Hall–Kier alpha value is -1.03. The van der Waals surface area contributed by atoms with Gasteiger partial charge in [-0.05, 0) is 50.9 Å². The third-order valence-electron chi connectivity index (χ3n) is 4.59. The first-order valence-corrected chi connectivity index (χ1v) is 8.92. The van der Waals surface area contributed by atoms with Gasteiger partial charge in [0.25, 0.3) is 0 Å². The molecule has 21 heavy (non-hydrogen) atoms. The van der Waals surface area contributed by atoms with Crippen molar-refractivity contribution < 1.29 is 0 Å². The standard InChI is InChI=1S/C20H33N/c1-4-18(16-21)10-11-20-14-12-19(13-15-20)9-7-5-6-8-17(2)3/h12,14,17-18H,4-11,13,15H2,1-3H3. The van der Waals surface area contributed by atoms with Crippen molar-refractivity contribution in [3.63, 3.8) is 0 Å². The van der Waals surface area contributed by atoms with Gasteiger partial charge in [-0.2, -0.15) is 5.26 Å². The van der Waals surface area contributed by atoms with Crippen LogP contribution >= 0.6 is 0 Å². The number of nitriles is 1. The number of unbranched alkanes of at least 4 members (excludes halogenated alkanes) is 2. The summed E-state index contributed by atoms with van der Waals surface area (Å²) >= 11 is 0. The van der Waals surface area contributed by atoms with Crippen molar-refractivity contribution in [1.29, 1.82) is 5.26 Å². The Balaban J connectivity index is 2.21. The van der Waals surface area contributed by atoms with Gasteiger partial charge in [-0.15, -0.1) is 0 Å². The van der Waals surface area contributed by atoms with Crippen LogP contribution in [0.2, 0.25) is 0 Å². The largest absolute Gasteiger partial charge is 0.198 e. The van der Waals surface area contributed by atoms with E-state index in [2.05, 4.69) is 39.0 Å². The van der Waals surface area contributed by atoms with E-state index in [1.807, 2.05) is 0 Å². The van der Waals surface area contributed by atoms with Crippen LogP contribution in [0.4, 0.5) is 0 Å². The van der Waals surface area contributed by atoms with Crippen LogP contribution in [0.15, 0.2) is 23.3 Å². The van der Waals surface area contributed by atoms with E-state index in [1.165, 1.54) is 44.9 Å². The Morgan fingerprint density at radius 1 is 1.00 bits per heavy atom. The summed E-state index contributed by atoms with van der Waals surface area (Å²) in [6.07, 6.45) is 17.1. The molecule has 0 saturated carbocycles. The van der Waals surface area contributed by atoms with E-state index in [0.29, 0.717) is 0 Å². The van der Waals surface area contributed by atoms with E-state index in [9.17, 15) is 0 Å². The average Bonchev–Trinajstić information content (AvgIpc) is 2.49. The first-order chi connectivity index (χ1) is 10.2. The van der Waals surface area contributed by atoms with E-state index in [-0.39, 0.29) is 5.92 Å². The topological polar surface area (TPSA) is 23.8 Å². The van der Waals surface area contributed by atoms with Crippen molar-refractivity contribution >= 4 is 0 Å². The molecule has 1 rings (SSSR count). The number of hydrogen-bond donors (Lipinski definition) is 0. The van der Waals surface area contributed by atoms with Gasteiger partial charge in [-0.1, -0.05) is 63.3 Å². The molecular weight excluding hydrogens is 254 g/mol. The zero-order chi connectivity index (χ0) is 15.5. The third-order valence-corrected chi connectivity index (χ3v) is 4.59. The summed E-state index contributed by atoms with van der Waals surface area (Å²) in [6, 6.07) is 2.41. The van der Waals surface area contributed by atoms with Gasteiger partial charge in [0.2, 0.25) is 0 Å². The molecule has 1 atom stereocenters. The fraction of sp³-hybridized carbons (Fsp3) is 0.750. The first kappa shape index (κ1) is 18.0. The van der Waals surface area contributed by atoms with Crippen LogP contribution in [0.5, 0.6) is 0 Å². The fourth-order valence-electron chi connectivity index (χ4n) is 2.94. The lowest BCUT2D eigenvalue weighted by atomic mass is 9.90. The summed E-state index contributed by atoms with van der Waals surface area (Å²) in [5, 5.41) is 8.99. The van der Waals surface area contributed by atoms with Crippen LogP contribution in [-0.4, -0.2) is 0 Å². The maximum absolute atomic E-state index is 8.99. The van der Waals surface area contributed by atoms with Crippen molar-refractivity contribution in [2.24, 2.45) is 11.8 Å². The molecule has 1 nitrogen and oxygen atoms in total. The van der Waals surface area contributed by atoms with Crippen LogP contribution in [0.3, 0.4) is 0 Å². The number of allylic oxidation sites excluding steroid dienone is 4. The second-order valence-corrected chi connectivity index (χ2v) is 6.92. The minimum absolute atomic E-state index is 0.247. The van der Waals surface area contributed by atoms with Crippen molar-refractivity contribution in [2.45, 2.75) is 85.0 Å². The summed E-state index contributed by atoms with van der Waals surface area (Å²) in [4.78, 5) is 0. The Labute approximate surface area is 132 Å². The molecule has 1 aliphatic carbocycles. The molecule has 0 aliphatic heterocycles. The molecular formula is C20H33N. The van der Waals surface area contributed by atoms with E-state index < -0.39 is 0 Å². The molecule has 1 aliphatic rings. The van der Waals surface area contributed by atoms with Crippen LogP contribution in [0.1, 0.15) is 85.0 Å². The van der Waals surface area contributed by atoms with Crippen molar-refractivity contribution in [2.75, 3.05) is 0 Å². The SMILES string of the molecule is CCC(C#N)CCC1=CC=C(CCCCCC(C)C)CC1. The number of rotatable bonds is 10. The van der Waals surface area contributed by atoms with Crippen molar-refractivity contribution in [1.82, 2.24) is 0 Å². The average molecular weight is 287 g/mol. The second kappa shape index (κ2) is 10.7. The Bertz CT molecular complexity index is 381. The lowest BCUT2D eigenvalue weighted by molar-refractivity contribution is 0.524. The van der Waals surface area contributed by atoms with Crippen LogP contribution < -0.4 is 0 Å². The van der Waals surface area contributed by atoms with E-state index in [1.54, 1.807) is 11.1 Å². The molecule has 0 aromatic heterocycles. The maximum atomic E-state index is 8.99. The summed E-state index contributed by atoms with van der Waals surface area (Å²) < 4.78 is 0. The van der Waals surface area contributed by atoms with Crippen LogP contribution in [0, 0.1) is 23.2 Å². The Kier molecular flexibility index (Phi) is 9.15. The molecule has 0 aromatic rings. The molecule has 0 N–H and O–H groups in total. The fourth-order valence-corrected chi connectivity index (χ4v) is 2.94. The molecule has 1 heteroatoms. The molecule has 0 fully saturated rings. The Morgan fingerprint density at radius 3 is 2.19 bits per heavy atom. The van der Waals surface area contributed by atoms with Gasteiger partial charge in [0.15, 0.2) is 0 Å². The molecule has 0 radical (unpaired) electrons. The molecule has 0 bridgehead atoms. The minimum Gasteiger partial charge on any atom is -0.198 e. The molecule has 0 aromatic carbocycles. The highest BCUT2D eigenvalue weighted by atomic mass is 14.3. The highest BCUT2D eigenvalue weighted by Gasteiger charge is 2.09. The summed E-state index contributed by atoms with van der Waals surface area (Å²) in [7, 11) is 0. The zero-order valence-corrected chi connectivity index (χ0v) is 14.3. The normalized spacial score (nSPS) is 16.3. The van der Waals surface area contributed by atoms with Crippen LogP contribution in [-0.2, 0) is 0 Å². The van der Waals surface area contributed by atoms with Gasteiger partial charge in [0.05, 0.1) is 6.07 Å². The predicted molar refractivity (Wildman–Crippen MR) is 92.0 cm³/mol. The summed E-state index contributed by atoms with van der Waals surface area (Å²) in [5.41, 5.74) is 3.18. The highest BCUT2D eigenvalue weighted by Crippen LogP contribution is 2.27. The molecule has 0 amide bonds. The van der Waals surface area contributed by atoms with Crippen LogP contribution in [0.25, 0.3) is 0 Å². The quantitative estimate of drug-likeness (QED) is 0.417.